The number of nitrogens with one attached hydrogen (secondary N) is 2. The average Bonchev–Trinajstić information content (AvgIpc) is 2.69. The van der Waals surface area contributed by atoms with Crippen LogP contribution in [0.15, 0.2) is 60.8 Å². The van der Waals surface area contributed by atoms with Crippen LogP contribution < -0.4 is 20.1 Å². The van der Waals surface area contributed by atoms with E-state index in [0.29, 0.717) is 33.6 Å². The number of pyridine rings is 1. The lowest BCUT2D eigenvalue weighted by Gasteiger charge is -2.10. The molecule has 27 heavy (non-hydrogen) atoms. The number of hydrogen-bond acceptors (Lipinski definition) is 5. The number of ether oxygens (including phenoxy) is 2. The average molecular weight is 384 g/mol. The first-order valence-electron chi connectivity index (χ1n) is 8.11. The molecule has 0 radical (unpaired) electrons. The molecule has 0 aliphatic carbocycles. The molecular weight excluding hydrogens is 366 g/mol. The largest absolute Gasteiger partial charge is 0.497 e. The van der Waals surface area contributed by atoms with Crippen LogP contribution in [0.5, 0.6) is 11.5 Å². The molecule has 3 aromatic rings. The van der Waals surface area contributed by atoms with Gasteiger partial charge in [-0.3, -0.25) is 4.79 Å². The highest BCUT2D eigenvalue weighted by Crippen LogP contribution is 2.28. The maximum atomic E-state index is 12.3. The van der Waals surface area contributed by atoms with E-state index in [0.717, 1.165) is 5.69 Å². The van der Waals surface area contributed by atoms with Crippen LogP contribution in [0.25, 0.3) is 0 Å². The Morgan fingerprint density at radius 3 is 2.48 bits per heavy atom. The van der Waals surface area contributed by atoms with Gasteiger partial charge >= 0.3 is 0 Å². The van der Waals surface area contributed by atoms with Crippen LogP contribution in [0.2, 0.25) is 5.02 Å². The summed E-state index contributed by atoms with van der Waals surface area (Å²) in [5, 5.41) is 6.45. The van der Waals surface area contributed by atoms with Crippen molar-refractivity contribution in [3.63, 3.8) is 0 Å². The van der Waals surface area contributed by atoms with Gasteiger partial charge in [-0.05, 0) is 48.5 Å². The van der Waals surface area contributed by atoms with E-state index < -0.39 is 0 Å². The Kier molecular flexibility index (Phi) is 5.78. The standard InChI is InChI=1S/C20H18ClN3O3/c1-26-16-5-3-4-13(10-16)20(25)24-15-7-9-19(22-12-15)23-14-6-8-18(27-2)17(21)11-14/h3-12H,1-2H3,(H,22,23)(H,24,25). The van der Waals surface area contributed by atoms with E-state index in [9.17, 15) is 4.79 Å². The van der Waals surface area contributed by atoms with Crippen LogP contribution in [0, 0.1) is 0 Å². The number of methoxy groups -OCH3 is 2. The van der Waals surface area contributed by atoms with E-state index in [1.807, 2.05) is 6.07 Å². The second-order valence-electron chi connectivity index (χ2n) is 5.59. The summed E-state index contributed by atoms with van der Waals surface area (Å²) < 4.78 is 10.3. The maximum Gasteiger partial charge on any atom is 0.255 e. The zero-order chi connectivity index (χ0) is 19.2. The molecule has 0 saturated heterocycles. The van der Waals surface area contributed by atoms with Gasteiger partial charge < -0.3 is 20.1 Å². The van der Waals surface area contributed by atoms with E-state index in [1.165, 1.54) is 0 Å². The lowest BCUT2D eigenvalue weighted by Crippen LogP contribution is -2.12. The maximum absolute atomic E-state index is 12.3. The zero-order valence-corrected chi connectivity index (χ0v) is 15.6. The van der Waals surface area contributed by atoms with Crippen molar-refractivity contribution in [3.05, 3.63) is 71.4 Å². The van der Waals surface area contributed by atoms with Crippen LogP contribution in [-0.2, 0) is 0 Å². The van der Waals surface area contributed by atoms with Crippen molar-refractivity contribution in [1.29, 1.82) is 0 Å². The van der Waals surface area contributed by atoms with Gasteiger partial charge in [0.15, 0.2) is 0 Å². The van der Waals surface area contributed by atoms with E-state index in [4.69, 9.17) is 21.1 Å². The number of carbonyl (C=O) groups is 1. The molecular formula is C20H18ClN3O3. The molecule has 0 unspecified atom stereocenters. The molecule has 0 saturated carbocycles. The number of amides is 1. The topological polar surface area (TPSA) is 72.5 Å². The minimum atomic E-state index is -0.238. The van der Waals surface area contributed by atoms with E-state index in [-0.39, 0.29) is 5.91 Å². The van der Waals surface area contributed by atoms with Crippen molar-refractivity contribution < 1.29 is 14.3 Å². The summed E-state index contributed by atoms with van der Waals surface area (Å²) in [6.07, 6.45) is 1.57. The summed E-state index contributed by atoms with van der Waals surface area (Å²) in [5.41, 5.74) is 1.87. The van der Waals surface area contributed by atoms with Crippen LogP contribution in [0.4, 0.5) is 17.2 Å². The fourth-order valence-corrected chi connectivity index (χ4v) is 2.66. The van der Waals surface area contributed by atoms with Crippen molar-refractivity contribution in [2.24, 2.45) is 0 Å². The molecule has 2 aromatic carbocycles. The van der Waals surface area contributed by atoms with Crippen molar-refractivity contribution in [3.8, 4) is 11.5 Å². The molecule has 6 nitrogen and oxygen atoms in total. The third kappa shape index (κ3) is 4.68. The highest BCUT2D eigenvalue weighted by Gasteiger charge is 2.08. The summed E-state index contributed by atoms with van der Waals surface area (Å²) >= 11 is 6.12. The monoisotopic (exact) mass is 383 g/mol. The van der Waals surface area contributed by atoms with E-state index >= 15 is 0 Å². The minimum Gasteiger partial charge on any atom is -0.497 e. The molecule has 0 spiro atoms. The van der Waals surface area contributed by atoms with Crippen LogP contribution in [0.3, 0.4) is 0 Å². The SMILES string of the molecule is COc1cccc(C(=O)Nc2ccc(Nc3ccc(OC)c(Cl)c3)nc2)c1. The van der Waals surface area contributed by atoms with Gasteiger partial charge in [0, 0.05) is 11.3 Å². The normalized spacial score (nSPS) is 10.2. The number of carbonyl (C=O) groups excluding carboxylic acids is 1. The Hall–Kier alpha value is -3.25. The lowest BCUT2D eigenvalue weighted by molar-refractivity contribution is 0.102. The van der Waals surface area contributed by atoms with Gasteiger partial charge in [-0.15, -0.1) is 0 Å². The number of benzene rings is 2. The van der Waals surface area contributed by atoms with Crippen LogP contribution >= 0.6 is 11.6 Å². The molecule has 0 fully saturated rings. The van der Waals surface area contributed by atoms with Crippen molar-refractivity contribution in [2.75, 3.05) is 24.9 Å². The summed E-state index contributed by atoms with van der Waals surface area (Å²) in [6.45, 7) is 0. The minimum absolute atomic E-state index is 0.238. The third-order valence-corrected chi connectivity index (χ3v) is 4.07. The number of halogens is 1. The Morgan fingerprint density at radius 1 is 1.00 bits per heavy atom. The van der Waals surface area contributed by atoms with Crippen molar-refractivity contribution in [2.45, 2.75) is 0 Å². The molecule has 2 N–H and O–H groups in total. The number of hydrogen-bond donors (Lipinski definition) is 2. The van der Waals surface area contributed by atoms with Crippen LogP contribution in [0.1, 0.15) is 10.4 Å². The van der Waals surface area contributed by atoms with Gasteiger partial charge in [0.05, 0.1) is 31.1 Å². The smallest absolute Gasteiger partial charge is 0.255 e. The Balaban J connectivity index is 1.66. The van der Waals surface area contributed by atoms with Gasteiger partial charge in [-0.25, -0.2) is 4.98 Å². The van der Waals surface area contributed by atoms with Crippen molar-refractivity contribution >= 4 is 34.7 Å². The summed E-state index contributed by atoms with van der Waals surface area (Å²) in [6, 6.07) is 15.8. The molecule has 0 aliphatic heterocycles. The lowest BCUT2D eigenvalue weighted by atomic mass is 10.2. The molecule has 1 amide bonds. The second-order valence-corrected chi connectivity index (χ2v) is 6.00. The number of nitrogens with zero attached hydrogens (tertiary/aromatic N) is 1. The Morgan fingerprint density at radius 2 is 1.81 bits per heavy atom. The molecule has 7 heteroatoms. The first-order valence-corrected chi connectivity index (χ1v) is 8.49. The molecule has 3 rings (SSSR count). The van der Waals surface area contributed by atoms with Gasteiger partial charge in [0.25, 0.3) is 5.91 Å². The molecule has 1 aromatic heterocycles. The summed E-state index contributed by atoms with van der Waals surface area (Å²) in [5.74, 6) is 1.61. The molecule has 1 heterocycles. The summed E-state index contributed by atoms with van der Waals surface area (Å²) in [4.78, 5) is 16.6. The van der Waals surface area contributed by atoms with Gasteiger partial charge in [0.1, 0.15) is 17.3 Å². The first kappa shape index (κ1) is 18.5. The molecule has 0 aliphatic rings. The van der Waals surface area contributed by atoms with Gasteiger partial charge in [-0.2, -0.15) is 0 Å². The quantitative estimate of drug-likeness (QED) is 0.642. The van der Waals surface area contributed by atoms with Gasteiger partial charge in [-0.1, -0.05) is 17.7 Å². The number of aromatic nitrogens is 1. The molecule has 138 valence electrons. The third-order valence-electron chi connectivity index (χ3n) is 3.78. The molecule has 0 atom stereocenters. The highest BCUT2D eigenvalue weighted by atomic mass is 35.5. The molecule has 0 bridgehead atoms. The summed E-state index contributed by atoms with van der Waals surface area (Å²) in [7, 11) is 3.12. The van der Waals surface area contributed by atoms with Crippen molar-refractivity contribution in [1.82, 2.24) is 4.98 Å². The fourth-order valence-electron chi connectivity index (χ4n) is 2.40. The number of rotatable bonds is 6. The Bertz CT molecular complexity index is 945. The fraction of sp³-hybridized carbons (Fsp3) is 0.100. The number of anilines is 3. The van der Waals surface area contributed by atoms with Crippen LogP contribution in [-0.4, -0.2) is 25.1 Å². The van der Waals surface area contributed by atoms with Gasteiger partial charge in [0.2, 0.25) is 0 Å². The first-order chi connectivity index (χ1) is 13.1. The second kappa shape index (κ2) is 8.42. The Labute approximate surface area is 162 Å². The predicted molar refractivity (Wildman–Crippen MR) is 106 cm³/mol. The van der Waals surface area contributed by atoms with E-state index in [1.54, 1.807) is 68.9 Å². The predicted octanol–water partition coefficient (Wildman–Crippen LogP) is 4.75. The zero-order valence-electron chi connectivity index (χ0n) is 14.8. The highest BCUT2D eigenvalue weighted by molar-refractivity contribution is 6.32. The van der Waals surface area contributed by atoms with E-state index in [2.05, 4.69) is 15.6 Å².